The van der Waals surface area contributed by atoms with Gasteiger partial charge >= 0.3 is 23.9 Å². The first kappa shape index (κ1) is 74.9. The minimum Gasteiger partial charge on any atom is -0.479 e. The van der Waals surface area contributed by atoms with E-state index < -0.39 is 67.3 Å². The molecule has 0 aromatic heterocycles. The van der Waals surface area contributed by atoms with E-state index in [1.165, 1.54) is 135 Å². The molecule has 12 heteroatoms. The van der Waals surface area contributed by atoms with Gasteiger partial charge in [0.15, 0.2) is 24.6 Å². The van der Waals surface area contributed by atoms with Crippen molar-refractivity contribution < 1.29 is 58.2 Å². The Balaban J connectivity index is 2.66. The average molecular weight is 1140 g/mol. The molecule has 1 heterocycles. The van der Waals surface area contributed by atoms with Crippen LogP contribution in [0.1, 0.15) is 278 Å². The number of aliphatic hydroxyl groups excluding tert-OH is 2. The largest absolute Gasteiger partial charge is 0.479 e. The van der Waals surface area contributed by atoms with Crippen molar-refractivity contribution in [2.45, 2.75) is 314 Å². The van der Waals surface area contributed by atoms with Crippen LogP contribution in [0.25, 0.3) is 0 Å². The van der Waals surface area contributed by atoms with Gasteiger partial charge in [0.2, 0.25) is 0 Å². The smallest absolute Gasteiger partial charge is 0.335 e. The fourth-order valence-corrected chi connectivity index (χ4v) is 9.47. The first-order chi connectivity index (χ1) is 39.6. The normalized spacial score (nSPS) is 18.3. The SMILES string of the molecule is CC/C=C\C/C=C\C/C=C\C/C=C\CCC(=O)OC(COC(=O)CCCCCCCCCCC/C=C\CCCCCCCC)COC1OC(C(=O)O)C(O)C(O)C1OC(=O)CCCCCCCCCCC/C=C\C/C=C\CCCCC. The molecule has 12 nitrogen and oxygen atoms in total. The zero-order chi connectivity index (χ0) is 58.9. The Morgan fingerprint density at radius 1 is 0.420 bits per heavy atom. The average Bonchev–Trinajstić information content (AvgIpc) is 3.54. The van der Waals surface area contributed by atoms with Gasteiger partial charge in [0.25, 0.3) is 0 Å². The van der Waals surface area contributed by atoms with Crippen LogP contribution in [0.2, 0.25) is 0 Å². The lowest BCUT2D eigenvalue weighted by Crippen LogP contribution is -2.61. The number of aliphatic carboxylic acids is 1. The maximum atomic E-state index is 13.1. The summed E-state index contributed by atoms with van der Waals surface area (Å²) in [5.74, 6) is -3.23. The fourth-order valence-electron chi connectivity index (χ4n) is 9.47. The van der Waals surface area contributed by atoms with Crippen LogP contribution >= 0.6 is 0 Å². The second-order valence-electron chi connectivity index (χ2n) is 22.0. The molecule has 1 aliphatic rings. The highest BCUT2D eigenvalue weighted by atomic mass is 16.7. The van der Waals surface area contributed by atoms with Gasteiger partial charge in [0.05, 0.1) is 6.61 Å². The van der Waals surface area contributed by atoms with E-state index in [4.69, 9.17) is 23.7 Å². The second-order valence-corrected chi connectivity index (χ2v) is 22.0. The highest BCUT2D eigenvalue weighted by Gasteiger charge is 2.50. The predicted octanol–water partition coefficient (Wildman–Crippen LogP) is 17.5. The van der Waals surface area contributed by atoms with Crippen LogP contribution < -0.4 is 0 Å². The maximum absolute atomic E-state index is 13.1. The van der Waals surface area contributed by atoms with Crippen molar-refractivity contribution in [3.63, 3.8) is 0 Å². The summed E-state index contributed by atoms with van der Waals surface area (Å²) in [6.45, 7) is 5.81. The Hall–Kier alpha value is -4.10. The van der Waals surface area contributed by atoms with E-state index in [2.05, 4.69) is 93.7 Å². The number of carboxylic acid groups (broad SMARTS) is 1. The predicted molar refractivity (Wildman–Crippen MR) is 331 cm³/mol. The molecule has 1 rings (SSSR count). The molecule has 1 fully saturated rings. The molecule has 6 unspecified atom stereocenters. The summed E-state index contributed by atoms with van der Waals surface area (Å²) in [6, 6.07) is 0. The lowest BCUT2D eigenvalue weighted by atomic mass is 9.98. The number of hydrogen-bond donors (Lipinski definition) is 3. The summed E-state index contributed by atoms with van der Waals surface area (Å²) in [6.07, 6.45) is 61.3. The van der Waals surface area contributed by atoms with Crippen molar-refractivity contribution in [1.82, 2.24) is 0 Å². The molecule has 3 N–H and O–H groups in total. The third kappa shape index (κ3) is 46.0. The number of carboxylic acids is 1. The molecular weight excluding hydrogens is 1020 g/mol. The first-order valence-electron chi connectivity index (χ1n) is 32.6. The van der Waals surface area contributed by atoms with Crippen LogP contribution in [0.15, 0.2) is 85.1 Å². The molecule has 0 bridgehead atoms. The minimum atomic E-state index is -1.92. The van der Waals surface area contributed by atoms with E-state index in [1.807, 2.05) is 12.2 Å². The number of aliphatic hydroxyl groups is 2. The molecule has 464 valence electrons. The molecule has 1 saturated heterocycles. The lowest BCUT2D eigenvalue weighted by Gasteiger charge is -2.40. The first-order valence-corrected chi connectivity index (χ1v) is 32.6. The van der Waals surface area contributed by atoms with Gasteiger partial charge in [-0.2, -0.15) is 0 Å². The number of carbonyl (C=O) groups is 4. The third-order valence-electron chi connectivity index (χ3n) is 14.4. The molecule has 0 aromatic carbocycles. The van der Waals surface area contributed by atoms with E-state index in [0.717, 1.165) is 77.0 Å². The lowest BCUT2D eigenvalue weighted by molar-refractivity contribution is -0.301. The summed E-state index contributed by atoms with van der Waals surface area (Å²) < 4.78 is 28.4. The topological polar surface area (TPSA) is 175 Å². The molecular formula is C69H116O12. The van der Waals surface area contributed by atoms with E-state index in [0.29, 0.717) is 25.7 Å². The van der Waals surface area contributed by atoms with Crippen molar-refractivity contribution in [2.24, 2.45) is 0 Å². The monoisotopic (exact) mass is 1140 g/mol. The van der Waals surface area contributed by atoms with Gasteiger partial charge in [-0.3, -0.25) is 14.4 Å². The molecule has 0 radical (unpaired) electrons. The van der Waals surface area contributed by atoms with Crippen LogP contribution in [0, 0.1) is 0 Å². The number of ether oxygens (including phenoxy) is 5. The molecule has 6 atom stereocenters. The number of hydrogen-bond acceptors (Lipinski definition) is 11. The summed E-state index contributed by atoms with van der Waals surface area (Å²) >= 11 is 0. The van der Waals surface area contributed by atoms with Crippen molar-refractivity contribution in [1.29, 1.82) is 0 Å². The van der Waals surface area contributed by atoms with E-state index in [-0.39, 0.29) is 25.9 Å². The molecule has 0 aliphatic carbocycles. The van der Waals surface area contributed by atoms with Gasteiger partial charge in [0.1, 0.15) is 18.8 Å². The standard InChI is InChI=1S/C69H116O12/c1-4-7-10-13-16-19-22-25-27-29-31-33-35-38-40-43-46-49-52-55-61(70)77-58-60(79-62(71)56-53-50-47-44-41-37-24-21-18-15-12-9-6-3)59-78-69-67(65(74)64(73)66(81-69)68(75)76)80-63(72)57-54-51-48-45-42-39-36-34-32-30-28-26-23-20-17-14-11-8-5-2/h9,12,17-18,20-21,25-28,37,41,47,50,60,64-67,69,73-74H,4-8,10-11,13-16,19,22-24,29-36,38-40,42-46,48-49,51-59H2,1-3H3,(H,75,76)/b12-9-,20-17-,21-18-,27-25-,28-26-,41-37-,50-47-. The van der Waals surface area contributed by atoms with E-state index in [1.54, 1.807) is 0 Å². The van der Waals surface area contributed by atoms with Gasteiger partial charge in [-0.15, -0.1) is 0 Å². The maximum Gasteiger partial charge on any atom is 0.335 e. The molecule has 1 aliphatic heterocycles. The van der Waals surface area contributed by atoms with Crippen molar-refractivity contribution in [2.75, 3.05) is 13.2 Å². The van der Waals surface area contributed by atoms with E-state index >= 15 is 0 Å². The zero-order valence-corrected chi connectivity index (χ0v) is 51.3. The Labute approximate surface area is 492 Å². The van der Waals surface area contributed by atoms with Crippen LogP contribution in [-0.4, -0.2) is 89.2 Å². The van der Waals surface area contributed by atoms with Gasteiger partial charge in [-0.1, -0.05) is 241 Å². The number of carbonyl (C=O) groups excluding carboxylic acids is 3. The van der Waals surface area contributed by atoms with Crippen LogP contribution in [-0.2, 0) is 42.9 Å². The molecule has 0 saturated carbocycles. The third-order valence-corrected chi connectivity index (χ3v) is 14.4. The summed E-state index contributed by atoms with van der Waals surface area (Å²) in [4.78, 5) is 51.3. The number of allylic oxidation sites excluding steroid dienone is 14. The Morgan fingerprint density at radius 2 is 0.802 bits per heavy atom. The van der Waals surface area contributed by atoms with E-state index in [9.17, 15) is 34.5 Å². The highest BCUT2D eigenvalue weighted by molar-refractivity contribution is 5.74. The highest BCUT2D eigenvalue weighted by Crippen LogP contribution is 2.26. The van der Waals surface area contributed by atoms with Crippen LogP contribution in [0.5, 0.6) is 0 Å². The zero-order valence-electron chi connectivity index (χ0n) is 51.3. The van der Waals surface area contributed by atoms with Gasteiger partial charge in [-0.05, 0) is 103 Å². The Kier molecular flexibility index (Phi) is 52.1. The minimum absolute atomic E-state index is 0.0392. The number of esters is 3. The molecule has 0 amide bonds. The Bertz CT molecular complexity index is 1730. The quantitative estimate of drug-likeness (QED) is 0.0228. The summed E-state index contributed by atoms with van der Waals surface area (Å²) in [7, 11) is 0. The van der Waals surface area contributed by atoms with Gasteiger partial charge in [-0.25, -0.2) is 4.79 Å². The Morgan fingerprint density at radius 3 is 1.27 bits per heavy atom. The van der Waals surface area contributed by atoms with Gasteiger partial charge < -0.3 is 39.0 Å². The van der Waals surface area contributed by atoms with Crippen molar-refractivity contribution in [3.8, 4) is 0 Å². The summed E-state index contributed by atoms with van der Waals surface area (Å²) in [5, 5.41) is 31.6. The van der Waals surface area contributed by atoms with Crippen molar-refractivity contribution >= 4 is 23.9 Å². The van der Waals surface area contributed by atoms with Crippen LogP contribution in [0.3, 0.4) is 0 Å². The second kappa shape index (κ2) is 56.4. The fraction of sp³-hybridized carbons (Fsp3) is 0.739. The number of rotatable bonds is 55. The summed E-state index contributed by atoms with van der Waals surface area (Å²) in [5.41, 5.74) is 0. The van der Waals surface area contributed by atoms with Crippen LogP contribution in [0.4, 0.5) is 0 Å². The van der Waals surface area contributed by atoms with Gasteiger partial charge in [0, 0.05) is 19.3 Å². The molecule has 0 spiro atoms. The molecule has 81 heavy (non-hydrogen) atoms. The van der Waals surface area contributed by atoms with Crippen molar-refractivity contribution in [3.05, 3.63) is 85.1 Å². The molecule has 0 aromatic rings. The number of unbranched alkanes of at least 4 members (excludes halogenated alkanes) is 27.